The van der Waals surface area contributed by atoms with Crippen LogP contribution in [0, 0.1) is 5.92 Å². The first-order valence-electron chi connectivity index (χ1n) is 5.16. The standard InChI is InChI=1S/C11H19N/c1-10(2)9-11-5-3-7-12(11)8-4-6-11/h3,5,10H,4,6-9H2,1-2H3. The van der Waals surface area contributed by atoms with Crippen molar-refractivity contribution in [3.05, 3.63) is 12.2 Å². The molecular weight excluding hydrogens is 146 g/mol. The SMILES string of the molecule is CC(C)CC12C=CCN1CCC2. The molecule has 0 amide bonds. The minimum atomic E-state index is 0.480. The molecule has 0 aromatic rings. The van der Waals surface area contributed by atoms with Gasteiger partial charge in [0.15, 0.2) is 0 Å². The highest BCUT2D eigenvalue weighted by atomic mass is 15.2. The zero-order valence-corrected chi connectivity index (χ0v) is 8.21. The molecule has 1 heteroatoms. The molecule has 1 atom stereocenters. The lowest BCUT2D eigenvalue weighted by atomic mass is 9.88. The third-order valence-electron chi connectivity index (χ3n) is 3.18. The van der Waals surface area contributed by atoms with Gasteiger partial charge in [0.1, 0.15) is 0 Å². The van der Waals surface area contributed by atoms with Gasteiger partial charge in [-0.1, -0.05) is 26.0 Å². The zero-order chi connectivity index (χ0) is 8.60. The van der Waals surface area contributed by atoms with Crippen molar-refractivity contribution in [1.29, 1.82) is 0 Å². The van der Waals surface area contributed by atoms with E-state index < -0.39 is 0 Å². The van der Waals surface area contributed by atoms with Gasteiger partial charge in [0.25, 0.3) is 0 Å². The topological polar surface area (TPSA) is 3.24 Å². The summed E-state index contributed by atoms with van der Waals surface area (Å²) in [5.74, 6) is 0.827. The molecular formula is C11H19N. The Labute approximate surface area is 75.4 Å². The predicted molar refractivity (Wildman–Crippen MR) is 52.1 cm³/mol. The Balaban J connectivity index is 2.11. The molecule has 2 aliphatic rings. The van der Waals surface area contributed by atoms with Gasteiger partial charge in [-0.05, 0) is 31.7 Å². The molecule has 0 saturated carbocycles. The smallest absolute Gasteiger partial charge is 0.0398 e. The third kappa shape index (κ3) is 1.20. The predicted octanol–water partition coefficient (Wildman–Crippen LogP) is 2.44. The van der Waals surface area contributed by atoms with Gasteiger partial charge in [-0.3, -0.25) is 4.90 Å². The van der Waals surface area contributed by atoms with Gasteiger partial charge in [0.2, 0.25) is 0 Å². The number of fused-ring (bicyclic) bond motifs is 1. The Morgan fingerprint density at radius 2 is 2.33 bits per heavy atom. The fraction of sp³-hybridized carbons (Fsp3) is 0.818. The fourth-order valence-electron chi connectivity index (χ4n) is 2.82. The van der Waals surface area contributed by atoms with E-state index in [2.05, 4.69) is 30.9 Å². The van der Waals surface area contributed by atoms with E-state index in [9.17, 15) is 0 Å². The molecule has 68 valence electrons. The molecule has 0 aliphatic carbocycles. The summed E-state index contributed by atoms with van der Waals surface area (Å²) in [6, 6.07) is 0. The first-order valence-corrected chi connectivity index (χ1v) is 5.16. The molecule has 0 spiro atoms. The molecule has 1 fully saturated rings. The third-order valence-corrected chi connectivity index (χ3v) is 3.18. The molecule has 0 N–H and O–H groups in total. The van der Waals surface area contributed by atoms with Crippen LogP contribution in [0.2, 0.25) is 0 Å². The van der Waals surface area contributed by atoms with E-state index in [4.69, 9.17) is 0 Å². The van der Waals surface area contributed by atoms with E-state index >= 15 is 0 Å². The van der Waals surface area contributed by atoms with Gasteiger partial charge < -0.3 is 0 Å². The largest absolute Gasteiger partial charge is 0.291 e. The summed E-state index contributed by atoms with van der Waals surface area (Å²) in [5, 5.41) is 0. The number of nitrogens with zero attached hydrogens (tertiary/aromatic N) is 1. The van der Waals surface area contributed by atoms with E-state index in [1.54, 1.807) is 0 Å². The zero-order valence-electron chi connectivity index (χ0n) is 8.21. The summed E-state index contributed by atoms with van der Waals surface area (Å²) in [6.45, 7) is 7.18. The van der Waals surface area contributed by atoms with Crippen molar-refractivity contribution in [3.63, 3.8) is 0 Å². The number of hydrogen-bond acceptors (Lipinski definition) is 1. The van der Waals surface area contributed by atoms with E-state index in [-0.39, 0.29) is 0 Å². The molecule has 0 bridgehead atoms. The van der Waals surface area contributed by atoms with Crippen molar-refractivity contribution >= 4 is 0 Å². The van der Waals surface area contributed by atoms with E-state index in [0.29, 0.717) is 5.54 Å². The maximum atomic E-state index is 2.65. The Bertz CT molecular complexity index is 195. The van der Waals surface area contributed by atoms with Gasteiger partial charge in [0, 0.05) is 12.1 Å². The van der Waals surface area contributed by atoms with Crippen molar-refractivity contribution in [2.75, 3.05) is 13.1 Å². The number of hydrogen-bond donors (Lipinski definition) is 0. The van der Waals surface area contributed by atoms with E-state index in [0.717, 1.165) is 5.92 Å². The second kappa shape index (κ2) is 2.88. The van der Waals surface area contributed by atoms with E-state index in [1.165, 1.54) is 32.4 Å². The molecule has 0 aromatic heterocycles. The monoisotopic (exact) mass is 165 g/mol. The van der Waals surface area contributed by atoms with Crippen LogP contribution in [0.4, 0.5) is 0 Å². The van der Waals surface area contributed by atoms with Crippen LogP contribution >= 0.6 is 0 Å². The highest BCUT2D eigenvalue weighted by molar-refractivity contribution is 5.17. The van der Waals surface area contributed by atoms with Gasteiger partial charge in [0.05, 0.1) is 0 Å². The fourth-order valence-corrected chi connectivity index (χ4v) is 2.82. The maximum absolute atomic E-state index is 2.65. The Hall–Kier alpha value is -0.300. The van der Waals surface area contributed by atoms with E-state index in [1.807, 2.05) is 0 Å². The van der Waals surface area contributed by atoms with Crippen LogP contribution in [-0.2, 0) is 0 Å². The average Bonchev–Trinajstić information content (AvgIpc) is 2.42. The summed E-state index contributed by atoms with van der Waals surface area (Å²) < 4.78 is 0. The van der Waals surface area contributed by atoms with Crippen LogP contribution in [-0.4, -0.2) is 23.5 Å². The van der Waals surface area contributed by atoms with Crippen molar-refractivity contribution < 1.29 is 0 Å². The molecule has 12 heavy (non-hydrogen) atoms. The maximum Gasteiger partial charge on any atom is 0.0398 e. The molecule has 1 unspecified atom stereocenters. The second-order valence-corrected chi connectivity index (χ2v) is 4.65. The number of rotatable bonds is 2. The van der Waals surface area contributed by atoms with Gasteiger partial charge in [-0.25, -0.2) is 0 Å². The Morgan fingerprint density at radius 3 is 3.08 bits per heavy atom. The molecule has 2 aliphatic heterocycles. The summed E-state index contributed by atoms with van der Waals surface area (Å²) in [6.07, 6.45) is 8.95. The van der Waals surface area contributed by atoms with Gasteiger partial charge in [-0.15, -0.1) is 0 Å². The summed E-state index contributed by atoms with van der Waals surface area (Å²) in [4.78, 5) is 2.65. The average molecular weight is 165 g/mol. The van der Waals surface area contributed by atoms with Gasteiger partial charge in [-0.2, -0.15) is 0 Å². The molecule has 0 radical (unpaired) electrons. The van der Waals surface area contributed by atoms with Crippen molar-refractivity contribution in [1.82, 2.24) is 4.90 Å². The van der Waals surface area contributed by atoms with Crippen LogP contribution in [0.5, 0.6) is 0 Å². The van der Waals surface area contributed by atoms with Crippen LogP contribution in [0.25, 0.3) is 0 Å². The lowest BCUT2D eigenvalue weighted by molar-refractivity contribution is 0.192. The van der Waals surface area contributed by atoms with Crippen molar-refractivity contribution in [2.24, 2.45) is 5.92 Å². The normalized spacial score (nSPS) is 34.9. The van der Waals surface area contributed by atoms with Crippen molar-refractivity contribution in [3.8, 4) is 0 Å². The molecule has 1 nitrogen and oxygen atoms in total. The summed E-state index contributed by atoms with van der Waals surface area (Å²) in [5.41, 5.74) is 0.480. The lowest BCUT2D eigenvalue weighted by Crippen LogP contribution is -2.39. The highest BCUT2D eigenvalue weighted by Gasteiger charge is 2.40. The molecule has 0 aromatic carbocycles. The second-order valence-electron chi connectivity index (χ2n) is 4.65. The summed E-state index contributed by atoms with van der Waals surface area (Å²) >= 11 is 0. The molecule has 2 heterocycles. The van der Waals surface area contributed by atoms with Crippen LogP contribution < -0.4 is 0 Å². The molecule has 2 rings (SSSR count). The Kier molecular flexibility index (Phi) is 1.99. The van der Waals surface area contributed by atoms with Crippen LogP contribution in [0.15, 0.2) is 12.2 Å². The quantitative estimate of drug-likeness (QED) is 0.568. The first kappa shape index (κ1) is 8.31. The minimum absolute atomic E-state index is 0.480. The molecule has 1 saturated heterocycles. The first-order chi connectivity index (χ1) is 5.73. The van der Waals surface area contributed by atoms with Crippen LogP contribution in [0.1, 0.15) is 33.1 Å². The highest BCUT2D eigenvalue weighted by Crippen LogP contribution is 2.38. The summed E-state index contributed by atoms with van der Waals surface area (Å²) in [7, 11) is 0. The van der Waals surface area contributed by atoms with Crippen LogP contribution in [0.3, 0.4) is 0 Å². The minimum Gasteiger partial charge on any atom is -0.291 e. The van der Waals surface area contributed by atoms with Gasteiger partial charge >= 0.3 is 0 Å². The lowest BCUT2D eigenvalue weighted by Gasteiger charge is -2.32. The Morgan fingerprint density at radius 1 is 1.50 bits per heavy atom. The van der Waals surface area contributed by atoms with Crippen molar-refractivity contribution in [2.45, 2.75) is 38.6 Å².